The fraction of sp³-hybridized carbons (Fsp3) is 0.455. The van der Waals surface area contributed by atoms with Gasteiger partial charge in [-0.2, -0.15) is 0 Å². The van der Waals surface area contributed by atoms with E-state index in [0.717, 1.165) is 0 Å². The lowest BCUT2D eigenvalue weighted by Gasteiger charge is -2.21. The number of halogens is 2. The molecule has 0 radical (unpaired) electrons. The zero-order valence-electron chi connectivity index (χ0n) is 10.5. The lowest BCUT2D eigenvalue weighted by atomic mass is 9.93. The summed E-state index contributed by atoms with van der Waals surface area (Å²) in [5, 5.41) is 6.66. The number of anilines is 2. The Balaban J connectivity index is 2.89. The molecular formula is C11H16Cl2N4O. The maximum absolute atomic E-state index is 11.2. The van der Waals surface area contributed by atoms with Crippen molar-refractivity contribution in [1.82, 2.24) is 4.98 Å². The van der Waals surface area contributed by atoms with Crippen LogP contribution in [-0.4, -0.2) is 24.5 Å². The van der Waals surface area contributed by atoms with E-state index in [4.69, 9.17) is 28.9 Å². The van der Waals surface area contributed by atoms with Crippen molar-refractivity contribution in [2.45, 2.75) is 13.8 Å². The normalized spacial score (nSPS) is 11.2. The van der Waals surface area contributed by atoms with Crippen LogP contribution in [0.3, 0.4) is 0 Å². The Morgan fingerprint density at radius 1 is 1.39 bits per heavy atom. The molecule has 0 aliphatic heterocycles. The molecule has 1 rings (SSSR count). The van der Waals surface area contributed by atoms with Gasteiger partial charge in [0.25, 0.3) is 0 Å². The van der Waals surface area contributed by atoms with E-state index in [2.05, 4.69) is 15.6 Å². The molecule has 0 aliphatic rings. The molecule has 0 fully saturated rings. The number of carbonyl (C=O) groups excluding carboxylic acids is 1. The fourth-order valence-corrected chi connectivity index (χ4v) is 1.68. The van der Waals surface area contributed by atoms with Crippen molar-refractivity contribution in [2.75, 3.05) is 24.2 Å². The topological polar surface area (TPSA) is 80.0 Å². The minimum atomic E-state index is -0.690. The molecule has 5 nitrogen and oxygen atoms in total. The van der Waals surface area contributed by atoms with Crippen molar-refractivity contribution in [1.29, 1.82) is 0 Å². The Bertz CT molecular complexity index is 463. The van der Waals surface area contributed by atoms with Gasteiger partial charge >= 0.3 is 0 Å². The Hall–Kier alpha value is -1.20. The molecule has 1 aromatic rings. The predicted octanol–water partition coefficient (Wildman–Crippen LogP) is 2.35. The molecule has 1 heterocycles. The standard InChI is InChI=1S/C11H16Cl2N4O/c1-11(2,10(14)18)5-16-9-7(13)4-6(12)8(15-3)17-9/h4H,5H2,1-3H3,(H2,14,18)(H2,15,16,17). The molecule has 7 heteroatoms. The third-order valence-corrected chi connectivity index (χ3v) is 3.11. The average molecular weight is 291 g/mol. The number of nitrogens with zero attached hydrogens (tertiary/aromatic N) is 1. The summed E-state index contributed by atoms with van der Waals surface area (Å²) in [5.41, 5.74) is 4.60. The molecule has 0 bridgehead atoms. The van der Waals surface area contributed by atoms with Gasteiger partial charge in [-0.3, -0.25) is 4.79 Å². The Morgan fingerprint density at radius 2 is 1.94 bits per heavy atom. The monoisotopic (exact) mass is 290 g/mol. The quantitative estimate of drug-likeness (QED) is 0.778. The van der Waals surface area contributed by atoms with Gasteiger partial charge < -0.3 is 16.4 Å². The highest BCUT2D eigenvalue weighted by Crippen LogP contribution is 2.29. The van der Waals surface area contributed by atoms with Crippen LogP contribution in [0.2, 0.25) is 10.0 Å². The van der Waals surface area contributed by atoms with E-state index in [9.17, 15) is 4.79 Å². The number of aromatic nitrogens is 1. The van der Waals surface area contributed by atoms with Crippen LogP contribution in [0.5, 0.6) is 0 Å². The number of rotatable bonds is 5. The second-order valence-corrected chi connectivity index (χ2v) is 5.32. The first kappa shape index (κ1) is 14.9. The number of amides is 1. The van der Waals surface area contributed by atoms with E-state index in [-0.39, 0.29) is 0 Å². The second-order valence-electron chi connectivity index (χ2n) is 4.50. The summed E-state index contributed by atoms with van der Waals surface area (Å²) in [5.74, 6) is 0.578. The van der Waals surface area contributed by atoms with Gasteiger partial charge in [-0.05, 0) is 19.9 Å². The molecule has 1 aromatic heterocycles. The largest absolute Gasteiger partial charge is 0.372 e. The zero-order chi connectivity index (χ0) is 13.9. The molecule has 0 saturated heterocycles. The minimum Gasteiger partial charge on any atom is -0.372 e. The molecule has 1 amide bonds. The molecule has 0 atom stereocenters. The number of nitrogens with two attached hydrogens (primary N) is 1. The number of pyridine rings is 1. The number of hydrogen-bond donors (Lipinski definition) is 3. The average Bonchev–Trinajstić information content (AvgIpc) is 2.27. The third-order valence-electron chi connectivity index (χ3n) is 2.53. The van der Waals surface area contributed by atoms with Gasteiger partial charge in [0.15, 0.2) is 0 Å². The summed E-state index contributed by atoms with van der Waals surface area (Å²) in [7, 11) is 1.71. The zero-order valence-corrected chi connectivity index (χ0v) is 12.0. The molecule has 0 spiro atoms. The van der Waals surface area contributed by atoms with Crippen molar-refractivity contribution >= 4 is 40.7 Å². The number of carbonyl (C=O) groups is 1. The maximum Gasteiger partial charge on any atom is 0.224 e. The smallest absolute Gasteiger partial charge is 0.224 e. The number of hydrogen-bond acceptors (Lipinski definition) is 4. The fourth-order valence-electron chi connectivity index (χ4n) is 1.16. The van der Waals surface area contributed by atoms with Crippen molar-refractivity contribution in [3.8, 4) is 0 Å². The van der Waals surface area contributed by atoms with Gasteiger partial charge in [0.05, 0.1) is 15.5 Å². The van der Waals surface area contributed by atoms with E-state index in [1.54, 1.807) is 27.0 Å². The highest BCUT2D eigenvalue weighted by atomic mass is 35.5. The molecule has 0 unspecified atom stereocenters. The third kappa shape index (κ3) is 3.40. The van der Waals surface area contributed by atoms with Gasteiger partial charge in [0.2, 0.25) is 5.91 Å². The van der Waals surface area contributed by atoms with Gasteiger partial charge in [0, 0.05) is 13.6 Å². The number of primary amides is 1. The van der Waals surface area contributed by atoms with E-state index in [1.807, 2.05) is 0 Å². The molecular weight excluding hydrogens is 275 g/mol. The molecule has 18 heavy (non-hydrogen) atoms. The molecule has 0 aliphatic carbocycles. The molecule has 4 N–H and O–H groups in total. The van der Waals surface area contributed by atoms with Crippen LogP contribution in [0.15, 0.2) is 6.07 Å². The first-order valence-corrected chi connectivity index (χ1v) is 6.11. The minimum absolute atomic E-state index is 0.333. The molecule has 100 valence electrons. The van der Waals surface area contributed by atoms with Gasteiger partial charge in [-0.1, -0.05) is 23.2 Å². The number of nitrogens with one attached hydrogen (secondary N) is 2. The van der Waals surface area contributed by atoms with E-state index in [1.165, 1.54) is 0 Å². The van der Waals surface area contributed by atoms with Crippen LogP contribution in [-0.2, 0) is 4.79 Å². The molecule has 0 aromatic carbocycles. The Kier molecular flexibility index (Phi) is 4.65. The van der Waals surface area contributed by atoms with Gasteiger partial charge in [0.1, 0.15) is 11.6 Å². The van der Waals surface area contributed by atoms with Crippen LogP contribution in [0.4, 0.5) is 11.6 Å². The van der Waals surface area contributed by atoms with E-state index < -0.39 is 11.3 Å². The van der Waals surface area contributed by atoms with Crippen molar-refractivity contribution in [2.24, 2.45) is 11.1 Å². The first-order valence-electron chi connectivity index (χ1n) is 5.35. The lowest BCUT2D eigenvalue weighted by molar-refractivity contribution is -0.125. The van der Waals surface area contributed by atoms with Crippen molar-refractivity contribution in [3.63, 3.8) is 0 Å². The van der Waals surface area contributed by atoms with Crippen LogP contribution in [0.1, 0.15) is 13.8 Å². The predicted molar refractivity (Wildman–Crippen MR) is 75.3 cm³/mol. The van der Waals surface area contributed by atoms with Crippen LogP contribution >= 0.6 is 23.2 Å². The highest BCUT2D eigenvalue weighted by molar-refractivity contribution is 6.37. The van der Waals surface area contributed by atoms with Crippen LogP contribution < -0.4 is 16.4 Å². The van der Waals surface area contributed by atoms with Crippen molar-refractivity contribution < 1.29 is 4.79 Å². The van der Waals surface area contributed by atoms with Gasteiger partial charge in [-0.25, -0.2) is 4.98 Å². The van der Waals surface area contributed by atoms with E-state index in [0.29, 0.717) is 28.2 Å². The van der Waals surface area contributed by atoms with Crippen LogP contribution in [0, 0.1) is 5.41 Å². The summed E-state index contributed by atoms with van der Waals surface area (Å²) in [6.07, 6.45) is 0. The van der Waals surface area contributed by atoms with Crippen molar-refractivity contribution in [3.05, 3.63) is 16.1 Å². The van der Waals surface area contributed by atoms with Crippen LogP contribution in [0.25, 0.3) is 0 Å². The SMILES string of the molecule is CNc1nc(NCC(C)(C)C(N)=O)c(Cl)cc1Cl. The second kappa shape index (κ2) is 5.63. The summed E-state index contributed by atoms with van der Waals surface area (Å²) in [6, 6.07) is 1.58. The first-order chi connectivity index (χ1) is 8.27. The summed E-state index contributed by atoms with van der Waals surface area (Å²) >= 11 is 11.9. The lowest BCUT2D eigenvalue weighted by Crippen LogP contribution is -2.37. The Morgan fingerprint density at radius 3 is 2.44 bits per heavy atom. The highest BCUT2D eigenvalue weighted by Gasteiger charge is 2.25. The Labute approximate surface area is 116 Å². The summed E-state index contributed by atoms with van der Waals surface area (Å²) in [4.78, 5) is 15.4. The summed E-state index contributed by atoms with van der Waals surface area (Å²) in [6.45, 7) is 3.82. The maximum atomic E-state index is 11.2. The van der Waals surface area contributed by atoms with E-state index >= 15 is 0 Å². The summed E-state index contributed by atoms with van der Waals surface area (Å²) < 4.78 is 0. The van der Waals surface area contributed by atoms with Gasteiger partial charge in [-0.15, -0.1) is 0 Å². The molecule has 0 saturated carbocycles.